The van der Waals surface area contributed by atoms with Crippen LogP contribution in [0.5, 0.6) is 0 Å². The largest absolute Gasteiger partial charge is 0.325 e. The molecule has 0 aliphatic heterocycles. The summed E-state index contributed by atoms with van der Waals surface area (Å²) < 4.78 is 0. The molecule has 0 spiro atoms. The minimum absolute atomic E-state index is 0.0479. The highest BCUT2D eigenvalue weighted by Crippen LogP contribution is 2.21. The Labute approximate surface area is 129 Å². The molecule has 2 N–H and O–H groups in total. The van der Waals surface area contributed by atoms with Crippen molar-refractivity contribution in [3.63, 3.8) is 0 Å². The third kappa shape index (κ3) is 3.63. The van der Waals surface area contributed by atoms with Crippen LogP contribution in [0.3, 0.4) is 0 Å². The second kappa shape index (κ2) is 6.29. The van der Waals surface area contributed by atoms with Gasteiger partial charge in [-0.15, -0.1) is 0 Å². The minimum Gasteiger partial charge on any atom is -0.325 e. The monoisotopic (exact) mass is 300 g/mol. The maximum atomic E-state index is 11.9. The average molecular weight is 301 g/mol. The Morgan fingerprint density at radius 2 is 1.81 bits per heavy atom. The molecule has 0 aromatic heterocycles. The van der Waals surface area contributed by atoms with Crippen molar-refractivity contribution < 1.29 is 4.79 Å². The van der Waals surface area contributed by atoms with Crippen LogP contribution in [0.15, 0.2) is 48.5 Å². The molecule has 0 heterocycles. The summed E-state index contributed by atoms with van der Waals surface area (Å²) in [5.41, 5.74) is 3.49. The van der Waals surface area contributed by atoms with E-state index in [-0.39, 0.29) is 5.91 Å². The lowest BCUT2D eigenvalue weighted by Gasteiger charge is -2.12. The molecule has 0 fully saturated rings. The number of halogens is 1. The number of hydrogen-bond acceptors (Lipinski definition) is 2. The van der Waals surface area contributed by atoms with E-state index < -0.39 is 0 Å². The van der Waals surface area contributed by atoms with E-state index in [0.717, 1.165) is 18.5 Å². The van der Waals surface area contributed by atoms with Gasteiger partial charge < -0.3 is 10.6 Å². The first-order valence-electron chi connectivity index (χ1n) is 7.06. The van der Waals surface area contributed by atoms with Gasteiger partial charge in [0.15, 0.2) is 0 Å². The van der Waals surface area contributed by atoms with Crippen LogP contribution in [0, 0.1) is 0 Å². The Morgan fingerprint density at radius 3 is 2.48 bits per heavy atom. The normalized spacial score (nSPS) is 14.0. The zero-order valence-electron chi connectivity index (χ0n) is 11.6. The van der Waals surface area contributed by atoms with Crippen LogP contribution in [0.2, 0.25) is 5.02 Å². The number of nitrogens with one attached hydrogen (secondary N) is 2. The molecular formula is C17H17ClN2O. The van der Waals surface area contributed by atoms with Gasteiger partial charge in [0, 0.05) is 16.8 Å². The maximum absolute atomic E-state index is 11.9. The Bertz CT molecular complexity index is 632. The summed E-state index contributed by atoms with van der Waals surface area (Å²) in [7, 11) is 0. The first kappa shape index (κ1) is 14.1. The second-order valence-electron chi connectivity index (χ2n) is 5.31. The SMILES string of the molecule is O=C(CNC1Cc2ccccc2C1)Nc1cccc(Cl)c1. The molecule has 0 saturated heterocycles. The van der Waals surface area contributed by atoms with Crippen LogP contribution in [0.25, 0.3) is 0 Å². The fourth-order valence-electron chi connectivity index (χ4n) is 2.71. The number of carbonyl (C=O) groups excluding carboxylic acids is 1. The van der Waals surface area contributed by atoms with E-state index in [9.17, 15) is 4.79 Å². The fraction of sp³-hybridized carbons (Fsp3) is 0.235. The highest BCUT2D eigenvalue weighted by molar-refractivity contribution is 6.30. The zero-order valence-corrected chi connectivity index (χ0v) is 12.4. The van der Waals surface area contributed by atoms with Crippen molar-refractivity contribution in [2.24, 2.45) is 0 Å². The van der Waals surface area contributed by atoms with Crippen LogP contribution in [-0.4, -0.2) is 18.5 Å². The summed E-state index contributed by atoms with van der Waals surface area (Å²) in [5.74, 6) is -0.0479. The van der Waals surface area contributed by atoms with Gasteiger partial charge in [-0.1, -0.05) is 41.9 Å². The van der Waals surface area contributed by atoms with E-state index >= 15 is 0 Å². The molecule has 3 nitrogen and oxygen atoms in total. The first-order chi connectivity index (χ1) is 10.2. The first-order valence-corrected chi connectivity index (χ1v) is 7.44. The van der Waals surface area contributed by atoms with E-state index in [1.165, 1.54) is 11.1 Å². The van der Waals surface area contributed by atoms with Gasteiger partial charge in [-0.05, 0) is 42.2 Å². The summed E-state index contributed by atoms with van der Waals surface area (Å²) >= 11 is 5.89. The van der Waals surface area contributed by atoms with Gasteiger partial charge in [-0.25, -0.2) is 0 Å². The summed E-state index contributed by atoms with van der Waals surface area (Å²) in [5, 5.41) is 6.78. The van der Waals surface area contributed by atoms with Gasteiger partial charge in [0.1, 0.15) is 0 Å². The van der Waals surface area contributed by atoms with Crippen molar-refractivity contribution >= 4 is 23.2 Å². The van der Waals surface area contributed by atoms with Crippen LogP contribution in [-0.2, 0) is 17.6 Å². The van der Waals surface area contributed by atoms with Crippen LogP contribution >= 0.6 is 11.6 Å². The van der Waals surface area contributed by atoms with E-state index in [1.54, 1.807) is 12.1 Å². The van der Waals surface area contributed by atoms with Gasteiger partial charge in [0.2, 0.25) is 5.91 Å². The quantitative estimate of drug-likeness (QED) is 0.911. The Hall–Kier alpha value is -1.84. The molecule has 0 atom stereocenters. The number of carbonyl (C=O) groups is 1. The van der Waals surface area contributed by atoms with E-state index in [2.05, 4.69) is 34.9 Å². The second-order valence-corrected chi connectivity index (χ2v) is 5.75. The highest BCUT2D eigenvalue weighted by Gasteiger charge is 2.20. The van der Waals surface area contributed by atoms with Crippen molar-refractivity contribution in [2.75, 3.05) is 11.9 Å². The lowest BCUT2D eigenvalue weighted by Crippen LogP contribution is -2.36. The van der Waals surface area contributed by atoms with Crippen molar-refractivity contribution in [1.29, 1.82) is 0 Å². The molecule has 2 aromatic carbocycles. The van der Waals surface area contributed by atoms with Crippen molar-refractivity contribution in [1.82, 2.24) is 5.32 Å². The Kier molecular flexibility index (Phi) is 4.23. The summed E-state index contributed by atoms with van der Waals surface area (Å²) in [6.07, 6.45) is 1.97. The van der Waals surface area contributed by atoms with Crippen molar-refractivity contribution in [3.8, 4) is 0 Å². The number of rotatable bonds is 4. The number of benzene rings is 2. The predicted molar refractivity (Wildman–Crippen MR) is 85.7 cm³/mol. The predicted octanol–water partition coefficient (Wildman–Crippen LogP) is 3.04. The Morgan fingerprint density at radius 1 is 1.10 bits per heavy atom. The molecule has 1 aliphatic rings. The summed E-state index contributed by atoms with van der Waals surface area (Å²) in [6.45, 7) is 0.311. The molecule has 21 heavy (non-hydrogen) atoms. The van der Waals surface area contributed by atoms with Crippen LogP contribution in [0.1, 0.15) is 11.1 Å². The molecule has 1 amide bonds. The van der Waals surface area contributed by atoms with E-state index in [4.69, 9.17) is 11.6 Å². The van der Waals surface area contributed by atoms with Gasteiger partial charge in [-0.3, -0.25) is 4.79 Å². The van der Waals surface area contributed by atoms with Crippen LogP contribution in [0.4, 0.5) is 5.69 Å². The van der Waals surface area contributed by atoms with Gasteiger partial charge >= 0.3 is 0 Å². The third-order valence-corrected chi connectivity index (χ3v) is 3.95. The summed E-state index contributed by atoms with van der Waals surface area (Å²) in [4.78, 5) is 11.9. The summed E-state index contributed by atoms with van der Waals surface area (Å²) in [6, 6.07) is 15.9. The number of amides is 1. The molecule has 108 valence electrons. The molecule has 0 saturated carbocycles. The molecular weight excluding hydrogens is 284 g/mol. The molecule has 4 heteroatoms. The van der Waals surface area contributed by atoms with Gasteiger partial charge in [0.05, 0.1) is 6.54 Å². The number of hydrogen-bond donors (Lipinski definition) is 2. The van der Waals surface area contributed by atoms with Crippen molar-refractivity contribution in [3.05, 3.63) is 64.7 Å². The minimum atomic E-state index is -0.0479. The molecule has 0 unspecified atom stereocenters. The zero-order chi connectivity index (χ0) is 14.7. The standard InChI is InChI=1S/C17H17ClN2O/c18-14-6-3-7-15(10-14)20-17(21)11-19-16-8-12-4-1-2-5-13(12)9-16/h1-7,10,16,19H,8-9,11H2,(H,20,21). The third-order valence-electron chi connectivity index (χ3n) is 3.71. The topological polar surface area (TPSA) is 41.1 Å². The lowest BCUT2D eigenvalue weighted by atomic mass is 10.1. The smallest absolute Gasteiger partial charge is 0.238 e. The van der Waals surface area contributed by atoms with E-state index in [0.29, 0.717) is 17.6 Å². The lowest BCUT2D eigenvalue weighted by molar-refractivity contribution is -0.115. The number of fused-ring (bicyclic) bond motifs is 1. The molecule has 2 aromatic rings. The molecule has 0 bridgehead atoms. The molecule has 0 radical (unpaired) electrons. The van der Waals surface area contributed by atoms with Gasteiger partial charge in [0.25, 0.3) is 0 Å². The van der Waals surface area contributed by atoms with Crippen LogP contribution < -0.4 is 10.6 Å². The van der Waals surface area contributed by atoms with Crippen molar-refractivity contribution in [2.45, 2.75) is 18.9 Å². The maximum Gasteiger partial charge on any atom is 0.238 e. The average Bonchev–Trinajstić information content (AvgIpc) is 2.88. The molecule has 1 aliphatic carbocycles. The van der Waals surface area contributed by atoms with E-state index in [1.807, 2.05) is 12.1 Å². The molecule has 3 rings (SSSR count). The highest BCUT2D eigenvalue weighted by atomic mass is 35.5. The Balaban J connectivity index is 1.49. The number of anilines is 1. The van der Waals surface area contributed by atoms with Gasteiger partial charge in [-0.2, -0.15) is 0 Å². The fourth-order valence-corrected chi connectivity index (χ4v) is 2.90.